The summed E-state index contributed by atoms with van der Waals surface area (Å²) in [6.45, 7) is 2.81. The van der Waals surface area contributed by atoms with E-state index in [1.807, 2.05) is 18.2 Å². The predicted octanol–water partition coefficient (Wildman–Crippen LogP) is 4.64. The summed E-state index contributed by atoms with van der Waals surface area (Å²) in [7, 11) is 0. The van der Waals surface area contributed by atoms with E-state index in [1.54, 1.807) is 6.07 Å². The maximum atomic E-state index is 12.2. The molecule has 1 aliphatic carbocycles. The smallest absolute Gasteiger partial charge is 0.289 e. The van der Waals surface area contributed by atoms with Crippen molar-refractivity contribution in [3.8, 4) is 0 Å². The molecule has 1 heterocycles. The fourth-order valence-corrected chi connectivity index (χ4v) is 3.28. The van der Waals surface area contributed by atoms with Gasteiger partial charge in [0.15, 0.2) is 0 Å². The van der Waals surface area contributed by atoms with Crippen LogP contribution in [0.3, 0.4) is 0 Å². The third-order valence-electron chi connectivity index (χ3n) is 4.78. The van der Waals surface area contributed by atoms with E-state index >= 15 is 0 Å². The Labute approximate surface area is 149 Å². The van der Waals surface area contributed by atoms with Gasteiger partial charge >= 0.3 is 0 Å². The first-order chi connectivity index (χ1) is 12.2. The molecular weight excluding hydrogens is 312 g/mol. The zero-order chi connectivity index (χ0) is 17.5. The number of nitrogens with zero attached hydrogens (tertiary/aromatic N) is 1. The topological polar surface area (TPSA) is 55.1 Å². The molecule has 4 nitrogen and oxygen atoms in total. The molecule has 4 heteroatoms. The minimum atomic E-state index is -0.178. The minimum Gasteiger partial charge on any atom is -0.351 e. The molecular formula is C21H26N2O2. The highest BCUT2D eigenvalue weighted by molar-refractivity contribution is 5.91. The Morgan fingerprint density at radius 1 is 1.28 bits per heavy atom. The SMILES string of the molecule is C[C@@H](Cc1cc(C(=O)NCCC2=CCCCC2)on1)c1ccccc1. The summed E-state index contributed by atoms with van der Waals surface area (Å²) in [6.07, 6.45) is 8.90. The number of nitrogens with one attached hydrogen (secondary N) is 1. The Hall–Kier alpha value is -2.36. The summed E-state index contributed by atoms with van der Waals surface area (Å²) >= 11 is 0. The summed E-state index contributed by atoms with van der Waals surface area (Å²) < 4.78 is 5.23. The number of allylic oxidation sites excluding steroid dienone is 1. The number of rotatable bonds is 7. The maximum Gasteiger partial charge on any atom is 0.289 e. The number of hydrogen-bond acceptors (Lipinski definition) is 3. The normalized spacial score (nSPS) is 15.5. The largest absolute Gasteiger partial charge is 0.351 e. The standard InChI is InChI=1S/C21H26N2O2/c1-16(18-10-6-3-7-11-18)14-19-15-20(25-23-19)21(24)22-13-12-17-8-4-2-5-9-17/h3,6-8,10-11,15-16H,2,4-5,9,12-14H2,1H3,(H,22,24)/t16-/m0/s1. The van der Waals surface area contributed by atoms with E-state index in [0.29, 0.717) is 18.2 Å². The van der Waals surface area contributed by atoms with E-state index in [0.717, 1.165) is 18.5 Å². The van der Waals surface area contributed by atoms with Gasteiger partial charge in [-0.3, -0.25) is 4.79 Å². The Morgan fingerprint density at radius 3 is 2.88 bits per heavy atom. The van der Waals surface area contributed by atoms with Crippen molar-refractivity contribution in [2.75, 3.05) is 6.54 Å². The number of benzene rings is 1. The quantitative estimate of drug-likeness (QED) is 0.748. The molecule has 0 saturated carbocycles. The van der Waals surface area contributed by atoms with Gasteiger partial charge in [-0.25, -0.2) is 0 Å². The van der Waals surface area contributed by atoms with Crippen LogP contribution in [-0.2, 0) is 6.42 Å². The van der Waals surface area contributed by atoms with Crippen LogP contribution in [0.1, 0.15) is 66.8 Å². The van der Waals surface area contributed by atoms with Gasteiger partial charge in [0.25, 0.3) is 5.91 Å². The molecule has 1 aliphatic rings. The van der Waals surface area contributed by atoms with Gasteiger partial charge in [-0.05, 0) is 50.0 Å². The van der Waals surface area contributed by atoms with Crippen LogP contribution in [0.15, 0.2) is 52.6 Å². The maximum absolute atomic E-state index is 12.2. The molecule has 0 radical (unpaired) electrons. The molecule has 1 aromatic heterocycles. The lowest BCUT2D eigenvalue weighted by atomic mass is 9.96. The minimum absolute atomic E-state index is 0.178. The van der Waals surface area contributed by atoms with Crippen LogP contribution < -0.4 is 5.32 Å². The van der Waals surface area contributed by atoms with Crippen molar-refractivity contribution in [3.63, 3.8) is 0 Å². The van der Waals surface area contributed by atoms with Crippen LogP contribution in [0.5, 0.6) is 0 Å². The Morgan fingerprint density at radius 2 is 2.12 bits per heavy atom. The summed E-state index contributed by atoms with van der Waals surface area (Å²) in [5.74, 6) is 0.454. The molecule has 25 heavy (non-hydrogen) atoms. The first kappa shape index (κ1) is 17.5. The fourth-order valence-electron chi connectivity index (χ4n) is 3.28. The highest BCUT2D eigenvalue weighted by Gasteiger charge is 2.15. The molecule has 1 N–H and O–H groups in total. The van der Waals surface area contributed by atoms with Gasteiger partial charge in [0.1, 0.15) is 0 Å². The number of aromatic nitrogens is 1. The van der Waals surface area contributed by atoms with Gasteiger partial charge in [-0.2, -0.15) is 0 Å². The summed E-state index contributed by atoms with van der Waals surface area (Å²) in [6, 6.07) is 12.1. The molecule has 0 aliphatic heterocycles. The number of amides is 1. The Balaban J connectivity index is 1.48. The van der Waals surface area contributed by atoms with Crippen molar-refractivity contribution < 1.29 is 9.32 Å². The molecule has 0 saturated heterocycles. The first-order valence-electron chi connectivity index (χ1n) is 9.19. The lowest BCUT2D eigenvalue weighted by Crippen LogP contribution is -2.24. The van der Waals surface area contributed by atoms with Crippen LogP contribution >= 0.6 is 0 Å². The highest BCUT2D eigenvalue weighted by atomic mass is 16.5. The number of carbonyl (C=O) groups is 1. The average Bonchev–Trinajstić information content (AvgIpc) is 3.12. The van der Waals surface area contributed by atoms with Gasteiger partial charge in [0, 0.05) is 12.6 Å². The van der Waals surface area contributed by atoms with E-state index in [2.05, 4.69) is 35.6 Å². The molecule has 1 atom stereocenters. The molecule has 0 fully saturated rings. The molecule has 2 aromatic rings. The van der Waals surface area contributed by atoms with Gasteiger partial charge in [0.05, 0.1) is 5.69 Å². The molecule has 0 bridgehead atoms. The Bertz CT molecular complexity index is 719. The van der Waals surface area contributed by atoms with E-state index in [1.165, 1.54) is 36.8 Å². The van der Waals surface area contributed by atoms with E-state index < -0.39 is 0 Å². The molecule has 3 rings (SSSR count). The van der Waals surface area contributed by atoms with Crippen molar-refractivity contribution in [1.29, 1.82) is 0 Å². The molecule has 0 unspecified atom stereocenters. The monoisotopic (exact) mass is 338 g/mol. The molecule has 1 amide bonds. The molecule has 1 aromatic carbocycles. The second-order valence-electron chi connectivity index (χ2n) is 6.81. The summed E-state index contributed by atoms with van der Waals surface area (Å²) in [4.78, 5) is 12.2. The molecule has 132 valence electrons. The van der Waals surface area contributed by atoms with Gasteiger partial charge in [0.2, 0.25) is 5.76 Å². The number of carbonyl (C=O) groups excluding carboxylic acids is 1. The van der Waals surface area contributed by atoms with Crippen molar-refractivity contribution in [3.05, 3.63) is 65.1 Å². The number of hydrogen-bond donors (Lipinski definition) is 1. The van der Waals surface area contributed by atoms with Crippen LogP contribution in [0.2, 0.25) is 0 Å². The van der Waals surface area contributed by atoms with Crippen LogP contribution in [0.4, 0.5) is 0 Å². The lowest BCUT2D eigenvalue weighted by Gasteiger charge is -2.12. The predicted molar refractivity (Wildman–Crippen MR) is 98.6 cm³/mol. The first-order valence-corrected chi connectivity index (χ1v) is 9.19. The van der Waals surface area contributed by atoms with Crippen LogP contribution in [0.25, 0.3) is 0 Å². The van der Waals surface area contributed by atoms with E-state index in [-0.39, 0.29) is 5.91 Å². The molecule has 0 spiro atoms. The zero-order valence-electron chi connectivity index (χ0n) is 14.8. The van der Waals surface area contributed by atoms with Gasteiger partial charge < -0.3 is 9.84 Å². The Kier molecular flexibility index (Phi) is 6.04. The van der Waals surface area contributed by atoms with Crippen LogP contribution in [0, 0.1) is 0 Å². The second-order valence-corrected chi connectivity index (χ2v) is 6.81. The van der Waals surface area contributed by atoms with Crippen molar-refractivity contribution in [2.45, 2.75) is 51.4 Å². The summed E-state index contributed by atoms with van der Waals surface area (Å²) in [5.41, 5.74) is 3.54. The van der Waals surface area contributed by atoms with Crippen molar-refractivity contribution in [1.82, 2.24) is 10.5 Å². The second kappa shape index (κ2) is 8.65. The average molecular weight is 338 g/mol. The van der Waals surface area contributed by atoms with E-state index in [9.17, 15) is 4.79 Å². The summed E-state index contributed by atoms with van der Waals surface area (Å²) in [5, 5.41) is 6.98. The van der Waals surface area contributed by atoms with E-state index in [4.69, 9.17) is 4.52 Å². The zero-order valence-corrected chi connectivity index (χ0v) is 14.8. The third kappa shape index (κ3) is 5.05. The van der Waals surface area contributed by atoms with Crippen LogP contribution in [-0.4, -0.2) is 17.6 Å². The van der Waals surface area contributed by atoms with Crippen molar-refractivity contribution in [2.24, 2.45) is 0 Å². The van der Waals surface area contributed by atoms with Gasteiger partial charge in [-0.15, -0.1) is 0 Å². The van der Waals surface area contributed by atoms with Gasteiger partial charge in [-0.1, -0.05) is 54.1 Å². The van der Waals surface area contributed by atoms with Crippen molar-refractivity contribution >= 4 is 5.91 Å². The highest BCUT2D eigenvalue weighted by Crippen LogP contribution is 2.21. The fraction of sp³-hybridized carbons (Fsp3) is 0.429. The third-order valence-corrected chi connectivity index (χ3v) is 4.78. The lowest BCUT2D eigenvalue weighted by molar-refractivity contribution is 0.0917.